The molecule has 0 bridgehead atoms. The summed E-state index contributed by atoms with van der Waals surface area (Å²) >= 11 is 0. The Kier molecular flexibility index (Phi) is 10.4. The maximum atomic E-state index is 15.1. The van der Waals surface area contributed by atoms with E-state index < -0.39 is 0 Å². The second kappa shape index (κ2) is 16.0. The lowest BCUT2D eigenvalue weighted by atomic mass is 9.75. The van der Waals surface area contributed by atoms with Gasteiger partial charge in [-0.25, -0.2) is 0 Å². The second-order valence-electron chi connectivity index (χ2n) is 20.2. The molecule has 2 saturated heterocycles. The number of ketones is 2. The maximum absolute atomic E-state index is 15.1. The molecule has 3 aliphatic heterocycles. The van der Waals surface area contributed by atoms with E-state index in [1.54, 1.807) is 0 Å². The van der Waals surface area contributed by atoms with Crippen LogP contribution in [0, 0.1) is 5.92 Å². The first-order valence-electron chi connectivity index (χ1n) is 24.0. The van der Waals surface area contributed by atoms with E-state index in [9.17, 15) is 14.4 Å². The summed E-state index contributed by atoms with van der Waals surface area (Å²) in [5.41, 5.74) is 4.90. The van der Waals surface area contributed by atoms with Crippen LogP contribution in [-0.2, 0) is 12.8 Å². The van der Waals surface area contributed by atoms with Crippen LogP contribution in [0.15, 0.2) is 36.4 Å². The highest BCUT2D eigenvalue weighted by molar-refractivity contribution is 6.50. The predicted octanol–water partition coefficient (Wildman–Crippen LogP) is 9.25. The van der Waals surface area contributed by atoms with Crippen molar-refractivity contribution < 1.29 is 19.2 Å². The van der Waals surface area contributed by atoms with Crippen LogP contribution >= 0.6 is 0 Å². The molecule has 9 nitrogen and oxygen atoms in total. The van der Waals surface area contributed by atoms with Crippen molar-refractivity contribution in [2.75, 3.05) is 87.1 Å². The van der Waals surface area contributed by atoms with Gasteiger partial charge >= 0.3 is 0 Å². The van der Waals surface area contributed by atoms with E-state index in [0.717, 1.165) is 136 Å². The van der Waals surface area contributed by atoms with E-state index in [4.69, 9.17) is 0 Å². The van der Waals surface area contributed by atoms with Gasteiger partial charge in [-0.3, -0.25) is 24.1 Å². The first-order chi connectivity index (χ1) is 30.6. The second-order valence-corrected chi connectivity index (χ2v) is 20.2. The standard InChI is InChI=1S/C54H61N5O4/c1-55(2)16-11-13-34-29-43(60)39-27-35-25-33(15-24-58-20-9-6-10-21-58)38-31-42-47-41(53(62)59(54(42)63)22-12-17-56(3)4)28-36-26-32(14-23-57-18-7-5-8-19-57)37-30-40(52(34)61)46(39)50-44(35)49(38)51(47)45(36)48(37)50/h25-28,30-31,34H,5-24,29H2,1-4H3. The molecule has 0 aromatic heterocycles. The molecule has 2 fully saturated rings. The molecule has 0 radical (unpaired) electrons. The number of carbonyl (C=O) groups is 4. The van der Waals surface area contributed by atoms with Gasteiger partial charge in [-0.2, -0.15) is 0 Å². The fourth-order valence-electron chi connectivity index (χ4n) is 12.4. The summed E-state index contributed by atoms with van der Waals surface area (Å²) in [5, 5.41) is 12.0. The van der Waals surface area contributed by atoms with Crippen molar-refractivity contribution >= 4 is 88.0 Å². The molecule has 4 aliphatic rings. The minimum Gasteiger partial charge on any atom is -0.309 e. The number of likely N-dealkylation sites (tertiary alicyclic amines) is 2. The summed E-state index contributed by atoms with van der Waals surface area (Å²) in [6.07, 6.45) is 11.4. The molecule has 0 N–H and O–H groups in total. The molecule has 3 heterocycles. The molecule has 1 unspecified atom stereocenters. The molecular formula is C54H61N5O4. The number of piperidine rings is 2. The molecule has 0 saturated carbocycles. The van der Waals surface area contributed by atoms with Crippen molar-refractivity contribution in [1.29, 1.82) is 0 Å². The van der Waals surface area contributed by atoms with E-state index in [0.29, 0.717) is 41.6 Å². The highest BCUT2D eigenvalue weighted by Gasteiger charge is 2.39. The largest absolute Gasteiger partial charge is 0.309 e. The minimum absolute atomic E-state index is 0.0484. The number of benzene rings is 7. The average molecular weight is 844 g/mol. The lowest BCUT2D eigenvalue weighted by Crippen LogP contribution is -2.41. The summed E-state index contributed by atoms with van der Waals surface area (Å²) in [7, 11) is 8.16. The van der Waals surface area contributed by atoms with Crippen LogP contribution in [0.3, 0.4) is 0 Å². The number of Topliss-reactive ketones (excluding diaryl/α,β-unsaturated/α-hetero) is 2. The van der Waals surface area contributed by atoms with E-state index in [1.807, 2.05) is 14.1 Å². The van der Waals surface area contributed by atoms with Crippen molar-refractivity contribution in [2.45, 2.75) is 77.0 Å². The Morgan fingerprint density at radius 2 is 1.00 bits per heavy atom. The third-order valence-corrected chi connectivity index (χ3v) is 15.5. The molecule has 9 heteroatoms. The molecule has 7 aromatic carbocycles. The third-order valence-electron chi connectivity index (χ3n) is 15.5. The van der Waals surface area contributed by atoms with Crippen molar-refractivity contribution in [3.05, 3.63) is 69.8 Å². The van der Waals surface area contributed by atoms with Gasteiger partial charge in [0.1, 0.15) is 0 Å². The first kappa shape index (κ1) is 40.9. The van der Waals surface area contributed by atoms with Gasteiger partial charge in [-0.1, -0.05) is 25.0 Å². The number of rotatable bonds is 14. The van der Waals surface area contributed by atoms with Gasteiger partial charge in [0.05, 0.1) is 0 Å². The average Bonchev–Trinajstić information content (AvgIpc) is 3.38. The molecular weight excluding hydrogens is 783 g/mol. The smallest absolute Gasteiger partial charge is 0.261 e. The van der Waals surface area contributed by atoms with Gasteiger partial charge in [-0.15, -0.1) is 0 Å². The lowest BCUT2D eigenvalue weighted by molar-refractivity contribution is 0.0605. The Hall–Kier alpha value is -4.80. The summed E-state index contributed by atoms with van der Waals surface area (Å²) < 4.78 is 0. The predicted molar refractivity (Wildman–Crippen MR) is 256 cm³/mol. The van der Waals surface area contributed by atoms with E-state index >= 15 is 4.79 Å². The molecule has 1 atom stereocenters. The fourth-order valence-corrected chi connectivity index (χ4v) is 12.4. The number of amides is 2. The van der Waals surface area contributed by atoms with Crippen LogP contribution in [-0.4, -0.2) is 135 Å². The minimum atomic E-state index is -0.381. The van der Waals surface area contributed by atoms with Crippen molar-refractivity contribution in [3.8, 4) is 0 Å². The molecule has 2 amide bonds. The Morgan fingerprint density at radius 3 is 1.56 bits per heavy atom. The Labute approximate surface area is 370 Å². The number of nitrogens with zero attached hydrogens (tertiary/aromatic N) is 5. The number of carbonyl (C=O) groups excluding carboxylic acids is 4. The van der Waals surface area contributed by atoms with Gasteiger partial charge < -0.3 is 19.6 Å². The Balaban J connectivity index is 1.22. The number of imide groups is 1. The quantitative estimate of drug-likeness (QED) is 0.0609. The van der Waals surface area contributed by atoms with Crippen molar-refractivity contribution in [1.82, 2.24) is 24.5 Å². The molecule has 1 aliphatic carbocycles. The maximum Gasteiger partial charge on any atom is 0.261 e. The van der Waals surface area contributed by atoms with Crippen LogP contribution in [0.5, 0.6) is 0 Å². The first-order valence-corrected chi connectivity index (χ1v) is 24.0. The van der Waals surface area contributed by atoms with E-state index in [-0.39, 0.29) is 35.7 Å². The van der Waals surface area contributed by atoms with Crippen LogP contribution in [0.1, 0.15) is 117 Å². The molecule has 63 heavy (non-hydrogen) atoms. The van der Waals surface area contributed by atoms with Gasteiger partial charge in [0, 0.05) is 75.8 Å². The van der Waals surface area contributed by atoms with Crippen LogP contribution < -0.4 is 0 Å². The fraction of sp³-hybridized carbons (Fsp3) is 0.481. The zero-order valence-corrected chi connectivity index (χ0v) is 37.8. The van der Waals surface area contributed by atoms with Crippen molar-refractivity contribution in [3.63, 3.8) is 0 Å². The summed E-state index contributed by atoms with van der Waals surface area (Å²) in [6.45, 7) is 8.20. The number of hydrogen-bond donors (Lipinski definition) is 0. The summed E-state index contributed by atoms with van der Waals surface area (Å²) in [5.74, 6) is -0.682. The topological polar surface area (TPSA) is 84.5 Å². The van der Waals surface area contributed by atoms with Gasteiger partial charge in [-0.05, 0) is 204 Å². The lowest BCUT2D eigenvalue weighted by Gasteiger charge is -2.32. The Morgan fingerprint density at radius 1 is 0.508 bits per heavy atom. The van der Waals surface area contributed by atoms with Gasteiger partial charge in [0.2, 0.25) is 0 Å². The van der Waals surface area contributed by atoms with Crippen LogP contribution in [0.4, 0.5) is 0 Å². The highest BCUT2D eigenvalue weighted by atomic mass is 16.2. The SMILES string of the molecule is CN(C)CCCC1CC(=O)c2cc3cc(CCN4CCCCC4)c4cc5c6c(cc7cc(CCN8CCCCC8)c8cc(c2c2c3c4c6c7c82)C1=O)C(=O)N(CCCN(C)C)C5=O. The van der Waals surface area contributed by atoms with Crippen LogP contribution in [0.2, 0.25) is 0 Å². The zero-order valence-electron chi connectivity index (χ0n) is 37.8. The van der Waals surface area contributed by atoms with Gasteiger partial charge in [0.25, 0.3) is 11.8 Å². The molecule has 326 valence electrons. The highest BCUT2D eigenvalue weighted by Crippen LogP contribution is 2.54. The zero-order chi connectivity index (χ0) is 43.3. The summed E-state index contributed by atoms with van der Waals surface area (Å²) in [6, 6.07) is 13.1. The third kappa shape index (κ3) is 6.71. The monoisotopic (exact) mass is 843 g/mol. The van der Waals surface area contributed by atoms with Crippen LogP contribution in [0.25, 0.3) is 64.6 Å². The van der Waals surface area contributed by atoms with Gasteiger partial charge in [0.15, 0.2) is 11.6 Å². The number of hydrogen-bond acceptors (Lipinski definition) is 8. The molecule has 11 rings (SSSR count). The van der Waals surface area contributed by atoms with E-state index in [1.165, 1.54) is 54.6 Å². The molecule has 0 spiro atoms. The summed E-state index contributed by atoms with van der Waals surface area (Å²) in [4.78, 5) is 70.5. The molecule has 7 aromatic rings. The van der Waals surface area contributed by atoms with Crippen molar-refractivity contribution in [2.24, 2.45) is 5.92 Å². The Bertz CT molecular complexity index is 2960. The normalized spacial score (nSPS) is 19.5. The van der Waals surface area contributed by atoms with E-state index in [2.05, 4.69) is 70.1 Å².